The van der Waals surface area contributed by atoms with E-state index in [1.54, 1.807) is 6.20 Å². The lowest BCUT2D eigenvalue weighted by atomic mass is 9.88. The molecule has 3 aromatic heterocycles. The van der Waals surface area contributed by atoms with Gasteiger partial charge in [0.15, 0.2) is 0 Å². The number of anilines is 1. The largest absolute Gasteiger partial charge is 0.478 e. The topological polar surface area (TPSA) is 179 Å². The Morgan fingerprint density at radius 1 is 0.982 bits per heavy atom. The minimum atomic E-state index is -4.31. The van der Waals surface area contributed by atoms with Gasteiger partial charge in [0.05, 0.1) is 40.8 Å². The van der Waals surface area contributed by atoms with Gasteiger partial charge in [-0.3, -0.25) is 0 Å². The van der Waals surface area contributed by atoms with Crippen LogP contribution in [-0.4, -0.2) is 58.2 Å². The van der Waals surface area contributed by atoms with Gasteiger partial charge in [0, 0.05) is 35.2 Å². The van der Waals surface area contributed by atoms with Crippen molar-refractivity contribution in [2.24, 2.45) is 5.41 Å². The Labute approximate surface area is 335 Å². The molecule has 0 amide bonds. The maximum Gasteiger partial charge on any atom is 0.335 e. The SMILES string of the molecule is Cc1cccc(COC(C)C)c1-c1nc(NS(=O)(=O)c2cccc(C(=O)O)c2)nc(OC[C@@H](CC(C)(C)C)NCc2cnc3oc(C(C)(C)C)cc3n2)c1C.Cl. The molecule has 0 aliphatic carbocycles. The molecular weight excluding hydrogens is 756 g/mol. The number of halogens is 1. The number of hydrogen-bond donors (Lipinski definition) is 3. The Bertz CT molecular complexity index is 2280. The van der Waals surface area contributed by atoms with Crippen LogP contribution >= 0.6 is 12.4 Å². The molecule has 13 nitrogen and oxygen atoms in total. The van der Waals surface area contributed by atoms with Crippen LogP contribution < -0.4 is 14.8 Å². The Morgan fingerprint density at radius 2 is 1.70 bits per heavy atom. The average Bonchev–Trinajstić information content (AvgIpc) is 3.54. The number of aromatic carboxylic acids is 1. The Balaban J connectivity index is 0.00000696. The highest BCUT2D eigenvalue weighted by Gasteiger charge is 2.26. The van der Waals surface area contributed by atoms with E-state index in [1.165, 1.54) is 18.2 Å². The summed E-state index contributed by atoms with van der Waals surface area (Å²) in [4.78, 5) is 30.0. The van der Waals surface area contributed by atoms with Crippen molar-refractivity contribution < 1.29 is 32.2 Å². The van der Waals surface area contributed by atoms with Gasteiger partial charge in [-0.25, -0.2) is 32.9 Å². The molecule has 0 aliphatic heterocycles. The molecule has 0 radical (unpaired) electrons. The predicted molar refractivity (Wildman–Crippen MR) is 219 cm³/mol. The number of carboxylic acid groups (broad SMARTS) is 1. The molecule has 0 saturated carbocycles. The zero-order valence-electron chi connectivity index (χ0n) is 33.7. The van der Waals surface area contributed by atoms with Gasteiger partial charge in [0.2, 0.25) is 17.5 Å². The Morgan fingerprint density at radius 3 is 2.36 bits per heavy atom. The maximum absolute atomic E-state index is 13.6. The normalized spacial score (nSPS) is 12.8. The fraction of sp³-hybridized carbons (Fsp3) is 0.439. The number of carboxylic acids is 1. The number of sulfonamides is 1. The molecule has 0 saturated heterocycles. The van der Waals surface area contributed by atoms with Crippen molar-refractivity contribution in [2.75, 3.05) is 11.3 Å². The van der Waals surface area contributed by atoms with E-state index in [9.17, 15) is 18.3 Å². The lowest BCUT2D eigenvalue weighted by molar-refractivity contribution is 0.0659. The zero-order chi connectivity index (χ0) is 40.3. The van der Waals surface area contributed by atoms with E-state index in [0.717, 1.165) is 40.6 Å². The van der Waals surface area contributed by atoms with Crippen molar-refractivity contribution in [3.8, 4) is 17.1 Å². The summed E-state index contributed by atoms with van der Waals surface area (Å²) in [6.07, 6.45) is 2.41. The Hall–Kier alpha value is -4.63. The summed E-state index contributed by atoms with van der Waals surface area (Å²) in [5, 5.41) is 13.1. The molecule has 3 heterocycles. The van der Waals surface area contributed by atoms with Gasteiger partial charge < -0.3 is 24.3 Å². The quantitative estimate of drug-likeness (QED) is 0.0921. The number of benzene rings is 2. The number of nitrogens with one attached hydrogen (secondary N) is 2. The van der Waals surface area contributed by atoms with Gasteiger partial charge in [-0.2, -0.15) is 4.98 Å². The molecule has 56 heavy (non-hydrogen) atoms. The molecule has 5 aromatic rings. The van der Waals surface area contributed by atoms with E-state index in [0.29, 0.717) is 35.6 Å². The molecule has 0 bridgehead atoms. The summed E-state index contributed by atoms with van der Waals surface area (Å²) < 4.78 is 48.2. The van der Waals surface area contributed by atoms with Crippen molar-refractivity contribution in [3.05, 3.63) is 88.4 Å². The summed E-state index contributed by atoms with van der Waals surface area (Å²) in [5.74, 6) is -0.476. The Kier molecular flexibility index (Phi) is 13.9. The molecular formula is C41H53ClN6O7S. The van der Waals surface area contributed by atoms with Gasteiger partial charge in [-0.15, -0.1) is 12.4 Å². The number of furan rings is 1. The van der Waals surface area contributed by atoms with E-state index in [1.807, 2.05) is 52.0 Å². The first-order valence-corrected chi connectivity index (χ1v) is 19.8. The molecule has 15 heteroatoms. The third kappa shape index (κ3) is 11.2. The van der Waals surface area contributed by atoms with Crippen LogP contribution in [-0.2, 0) is 33.3 Å². The van der Waals surface area contributed by atoms with Crippen molar-refractivity contribution in [3.63, 3.8) is 0 Å². The first-order valence-electron chi connectivity index (χ1n) is 18.3. The van der Waals surface area contributed by atoms with Gasteiger partial charge in [0.25, 0.3) is 10.0 Å². The minimum absolute atomic E-state index is 0. The molecule has 0 fully saturated rings. The molecule has 2 aromatic carbocycles. The number of hydrogen-bond acceptors (Lipinski definition) is 11. The smallest absolute Gasteiger partial charge is 0.335 e. The van der Waals surface area contributed by atoms with Crippen LogP contribution in [0, 0.1) is 19.3 Å². The highest BCUT2D eigenvalue weighted by Crippen LogP contribution is 2.35. The summed E-state index contributed by atoms with van der Waals surface area (Å²) in [6, 6.07) is 12.7. The molecule has 0 unspecified atom stereocenters. The second-order valence-electron chi connectivity index (χ2n) is 16.3. The predicted octanol–water partition coefficient (Wildman–Crippen LogP) is 8.41. The number of rotatable bonds is 15. The van der Waals surface area contributed by atoms with E-state index >= 15 is 0 Å². The number of carbonyl (C=O) groups is 1. The highest BCUT2D eigenvalue weighted by atomic mass is 35.5. The minimum Gasteiger partial charge on any atom is -0.478 e. The van der Waals surface area contributed by atoms with Crippen molar-refractivity contribution in [1.82, 2.24) is 25.3 Å². The summed E-state index contributed by atoms with van der Waals surface area (Å²) in [5.41, 5.74) is 5.12. The fourth-order valence-corrected chi connectivity index (χ4v) is 7.01. The molecule has 5 rings (SSSR count). The van der Waals surface area contributed by atoms with Crippen molar-refractivity contribution >= 4 is 45.6 Å². The van der Waals surface area contributed by atoms with Crippen LogP contribution in [0.15, 0.2) is 64.0 Å². The fourth-order valence-electron chi connectivity index (χ4n) is 6.02. The second kappa shape index (κ2) is 17.7. The number of aromatic nitrogens is 4. The third-order valence-electron chi connectivity index (χ3n) is 8.77. The molecule has 0 aliphatic rings. The lowest BCUT2D eigenvalue weighted by Crippen LogP contribution is -2.38. The summed E-state index contributed by atoms with van der Waals surface area (Å²) >= 11 is 0. The molecule has 1 atom stereocenters. The van der Waals surface area contributed by atoms with E-state index in [4.69, 9.17) is 23.9 Å². The summed E-state index contributed by atoms with van der Waals surface area (Å²) in [7, 11) is -4.31. The first-order chi connectivity index (χ1) is 25.7. The van der Waals surface area contributed by atoms with E-state index in [-0.39, 0.29) is 64.3 Å². The lowest BCUT2D eigenvalue weighted by Gasteiger charge is -2.27. The summed E-state index contributed by atoms with van der Waals surface area (Å²) in [6.45, 7) is 21.3. The van der Waals surface area contributed by atoms with Crippen LogP contribution in [0.3, 0.4) is 0 Å². The monoisotopic (exact) mass is 808 g/mol. The first kappa shape index (κ1) is 44.1. The molecule has 302 valence electrons. The van der Waals surface area contributed by atoms with E-state index in [2.05, 4.69) is 61.5 Å². The molecule has 3 N–H and O–H groups in total. The average molecular weight is 809 g/mol. The second-order valence-corrected chi connectivity index (χ2v) is 18.0. The van der Waals surface area contributed by atoms with Crippen LogP contribution in [0.1, 0.15) is 100 Å². The number of fused-ring (bicyclic) bond motifs is 1. The van der Waals surface area contributed by atoms with Crippen LogP contribution in [0.2, 0.25) is 0 Å². The van der Waals surface area contributed by atoms with Crippen LogP contribution in [0.25, 0.3) is 22.5 Å². The standard InChI is InChI=1S/C41H52N6O7S.ClH/c1-24(2)52-22-28-15-11-13-25(3)34(28)35-26(4)36(46-39(45-35)47-55(50,51)31-16-12-14-27(17-31)38(48)49)53-23-29(19-40(5,6)7)42-20-30-21-43-37-32(44-30)18-33(54-37)41(8,9)10;/h11-18,21,24,29,42H,19-20,22-23H2,1-10H3,(H,48,49)(H,45,46,47);1H/t29-;/m1./s1. The van der Waals surface area contributed by atoms with Crippen molar-refractivity contribution in [2.45, 2.75) is 111 Å². The zero-order valence-corrected chi connectivity index (χ0v) is 35.3. The number of nitrogens with zero attached hydrogens (tertiary/aromatic N) is 4. The highest BCUT2D eigenvalue weighted by molar-refractivity contribution is 7.92. The number of ether oxygens (including phenoxy) is 2. The third-order valence-corrected chi connectivity index (χ3v) is 10.1. The van der Waals surface area contributed by atoms with Gasteiger partial charge >= 0.3 is 5.97 Å². The number of aryl methyl sites for hydroxylation is 1. The van der Waals surface area contributed by atoms with Crippen molar-refractivity contribution in [1.29, 1.82) is 0 Å². The van der Waals surface area contributed by atoms with Gasteiger partial charge in [-0.05, 0) is 68.9 Å². The van der Waals surface area contributed by atoms with Gasteiger partial charge in [0.1, 0.15) is 17.9 Å². The van der Waals surface area contributed by atoms with Crippen LogP contribution in [0.5, 0.6) is 5.88 Å². The maximum atomic E-state index is 13.6. The van der Waals surface area contributed by atoms with Gasteiger partial charge in [-0.1, -0.05) is 65.8 Å². The van der Waals surface area contributed by atoms with E-state index < -0.39 is 16.0 Å². The molecule has 0 spiro atoms. The van der Waals surface area contributed by atoms with Crippen LogP contribution in [0.4, 0.5) is 5.95 Å².